The van der Waals surface area contributed by atoms with Crippen LogP contribution in [-0.2, 0) is 6.42 Å². The minimum absolute atomic E-state index is 0.612. The molecule has 7 heteroatoms. The van der Waals surface area contributed by atoms with Gasteiger partial charge in [-0.3, -0.25) is 4.99 Å². The van der Waals surface area contributed by atoms with Crippen LogP contribution in [-0.4, -0.2) is 58.6 Å². The van der Waals surface area contributed by atoms with Gasteiger partial charge in [0.1, 0.15) is 5.82 Å². The van der Waals surface area contributed by atoms with Gasteiger partial charge in [-0.25, -0.2) is 0 Å². The molecule has 0 radical (unpaired) electrons. The molecule has 3 aliphatic rings. The molecular formula is C20H34N6S. The van der Waals surface area contributed by atoms with Crippen LogP contribution in [0.25, 0.3) is 0 Å². The standard InChI is InChI=1S/C20H34N6S/c1-21-18(25-14-12-20(15-25)10-6-11-20)22-13-5-9-17-23-24-19(27-2)26(17)16-7-3-4-8-16/h16H,3-15H2,1-2H3,(H,21,22). The fourth-order valence-corrected chi connectivity index (χ4v) is 5.70. The first-order valence-corrected chi connectivity index (χ1v) is 11.9. The zero-order chi connectivity index (χ0) is 18.7. The van der Waals surface area contributed by atoms with Gasteiger partial charge in [0.2, 0.25) is 0 Å². The number of aromatic nitrogens is 3. The van der Waals surface area contributed by atoms with E-state index in [1.54, 1.807) is 11.8 Å². The number of aryl methyl sites for hydroxylation is 1. The van der Waals surface area contributed by atoms with Crippen LogP contribution in [0.15, 0.2) is 10.1 Å². The molecule has 1 saturated heterocycles. The Morgan fingerprint density at radius 3 is 2.67 bits per heavy atom. The maximum Gasteiger partial charge on any atom is 0.193 e. The summed E-state index contributed by atoms with van der Waals surface area (Å²) in [6.07, 6.45) is 15.0. The zero-order valence-electron chi connectivity index (χ0n) is 16.9. The zero-order valence-corrected chi connectivity index (χ0v) is 17.7. The molecule has 0 atom stereocenters. The minimum atomic E-state index is 0.612. The SMILES string of the molecule is CN=C(NCCCc1nnc(SC)n1C1CCCC1)N1CCC2(CCC2)C1. The molecule has 0 amide bonds. The van der Waals surface area contributed by atoms with E-state index in [2.05, 4.69) is 36.2 Å². The third-order valence-corrected chi connectivity index (χ3v) is 7.48. The summed E-state index contributed by atoms with van der Waals surface area (Å²) in [5.74, 6) is 2.25. The van der Waals surface area contributed by atoms with Gasteiger partial charge in [0.05, 0.1) is 0 Å². The van der Waals surface area contributed by atoms with Gasteiger partial charge < -0.3 is 14.8 Å². The van der Waals surface area contributed by atoms with Gasteiger partial charge in [0.15, 0.2) is 11.1 Å². The molecule has 1 N–H and O–H groups in total. The molecule has 0 unspecified atom stereocenters. The van der Waals surface area contributed by atoms with E-state index in [1.807, 2.05) is 7.05 Å². The van der Waals surface area contributed by atoms with E-state index in [4.69, 9.17) is 0 Å². The van der Waals surface area contributed by atoms with E-state index in [0.717, 1.165) is 42.9 Å². The summed E-state index contributed by atoms with van der Waals surface area (Å²) in [7, 11) is 1.91. The molecule has 27 heavy (non-hydrogen) atoms. The Morgan fingerprint density at radius 1 is 1.22 bits per heavy atom. The number of nitrogens with one attached hydrogen (secondary N) is 1. The van der Waals surface area contributed by atoms with Crippen LogP contribution in [0.4, 0.5) is 0 Å². The van der Waals surface area contributed by atoms with Crippen molar-refractivity contribution in [2.24, 2.45) is 10.4 Å². The summed E-state index contributed by atoms with van der Waals surface area (Å²) in [6.45, 7) is 3.30. The molecule has 1 aromatic heterocycles. The molecule has 6 nitrogen and oxygen atoms in total. The average molecular weight is 391 g/mol. The lowest BCUT2D eigenvalue weighted by atomic mass is 9.68. The molecule has 0 aromatic carbocycles. The van der Waals surface area contributed by atoms with Crippen molar-refractivity contribution in [3.05, 3.63) is 5.82 Å². The van der Waals surface area contributed by atoms with Crippen LogP contribution in [0, 0.1) is 5.41 Å². The Hall–Kier alpha value is -1.24. The van der Waals surface area contributed by atoms with E-state index in [0.29, 0.717) is 11.5 Å². The average Bonchev–Trinajstić information content (AvgIpc) is 3.39. The minimum Gasteiger partial charge on any atom is -0.356 e. The first-order chi connectivity index (χ1) is 13.2. The first kappa shape index (κ1) is 19.1. The van der Waals surface area contributed by atoms with Crippen LogP contribution in [0.1, 0.15) is 69.7 Å². The smallest absolute Gasteiger partial charge is 0.193 e. The molecule has 1 aliphatic heterocycles. The van der Waals surface area contributed by atoms with E-state index in [9.17, 15) is 0 Å². The van der Waals surface area contributed by atoms with Crippen LogP contribution in [0.5, 0.6) is 0 Å². The molecule has 2 aliphatic carbocycles. The number of thioether (sulfide) groups is 1. The maximum atomic E-state index is 4.53. The normalized spacial score (nSPS) is 22.6. The highest BCUT2D eigenvalue weighted by atomic mass is 32.2. The van der Waals surface area contributed by atoms with Crippen molar-refractivity contribution in [1.82, 2.24) is 25.0 Å². The van der Waals surface area contributed by atoms with Crippen molar-refractivity contribution < 1.29 is 0 Å². The van der Waals surface area contributed by atoms with Crippen molar-refractivity contribution in [1.29, 1.82) is 0 Å². The highest BCUT2D eigenvalue weighted by Crippen LogP contribution is 2.47. The molecule has 2 saturated carbocycles. The van der Waals surface area contributed by atoms with Gasteiger partial charge in [0, 0.05) is 39.1 Å². The molecule has 2 heterocycles. The van der Waals surface area contributed by atoms with Gasteiger partial charge in [0.25, 0.3) is 0 Å². The summed E-state index contributed by atoms with van der Waals surface area (Å²) in [5, 5.41) is 13.6. The second-order valence-electron chi connectivity index (χ2n) is 8.51. The first-order valence-electron chi connectivity index (χ1n) is 10.7. The molecular weight excluding hydrogens is 356 g/mol. The van der Waals surface area contributed by atoms with Crippen LogP contribution in [0.3, 0.4) is 0 Å². The second kappa shape index (κ2) is 8.41. The summed E-state index contributed by atoms with van der Waals surface area (Å²) >= 11 is 1.72. The van der Waals surface area contributed by atoms with E-state index in [1.165, 1.54) is 57.9 Å². The molecule has 3 fully saturated rings. The van der Waals surface area contributed by atoms with Crippen molar-refractivity contribution >= 4 is 17.7 Å². The molecule has 1 aromatic rings. The molecule has 4 rings (SSSR count). The van der Waals surface area contributed by atoms with Gasteiger partial charge in [-0.1, -0.05) is 31.0 Å². The summed E-state index contributed by atoms with van der Waals surface area (Å²) in [5.41, 5.74) is 0.615. The highest BCUT2D eigenvalue weighted by Gasteiger charge is 2.43. The van der Waals surface area contributed by atoms with Crippen LogP contribution < -0.4 is 5.32 Å². The Morgan fingerprint density at radius 2 is 2.04 bits per heavy atom. The topological polar surface area (TPSA) is 58.3 Å². The number of likely N-dealkylation sites (tertiary alicyclic amines) is 1. The third-order valence-electron chi connectivity index (χ3n) is 6.83. The number of rotatable bonds is 6. The van der Waals surface area contributed by atoms with Gasteiger partial charge in [-0.05, 0) is 50.2 Å². The lowest BCUT2D eigenvalue weighted by Crippen LogP contribution is -2.42. The second-order valence-corrected chi connectivity index (χ2v) is 9.29. The predicted molar refractivity (Wildman–Crippen MR) is 111 cm³/mol. The van der Waals surface area contributed by atoms with Gasteiger partial charge in [-0.15, -0.1) is 10.2 Å². The Labute approximate surface area is 167 Å². The fourth-order valence-electron chi connectivity index (χ4n) is 5.13. The van der Waals surface area contributed by atoms with Gasteiger partial charge >= 0.3 is 0 Å². The Balaban J connectivity index is 1.28. The lowest BCUT2D eigenvalue weighted by Gasteiger charge is -2.38. The van der Waals surface area contributed by atoms with Crippen LogP contribution in [0.2, 0.25) is 0 Å². The number of guanidine groups is 1. The summed E-state index contributed by atoms with van der Waals surface area (Å²) in [4.78, 5) is 7.00. The quantitative estimate of drug-likeness (QED) is 0.349. The van der Waals surface area contributed by atoms with Crippen LogP contribution >= 0.6 is 11.8 Å². The number of hydrogen-bond donors (Lipinski definition) is 1. The molecule has 1 spiro atoms. The summed E-state index contributed by atoms with van der Waals surface area (Å²) < 4.78 is 2.42. The van der Waals surface area contributed by atoms with Crippen molar-refractivity contribution in [3.63, 3.8) is 0 Å². The third kappa shape index (κ3) is 3.98. The predicted octanol–water partition coefficient (Wildman–Crippen LogP) is 3.50. The monoisotopic (exact) mass is 390 g/mol. The number of hydrogen-bond acceptors (Lipinski definition) is 4. The lowest BCUT2D eigenvalue weighted by molar-refractivity contribution is 0.151. The highest BCUT2D eigenvalue weighted by molar-refractivity contribution is 7.98. The maximum absolute atomic E-state index is 4.53. The van der Waals surface area contributed by atoms with E-state index < -0.39 is 0 Å². The van der Waals surface area contributed by atoms with E-state index in [-0.39, 0.29) is 0 Å². The summed E-state index contributed by atoms with van der Waals surface area (Å²) in [6, 6.07) is 0.612. The number of nitrogens with zero attached hydrogens (tertiary/aromatic N) is 5. The van der Waals surface area contributed by atoms with Gasteiger partial charge in [-0.2, -0.15) is 0 Å². The van der Waals surface area contributed by atoms with Crippen molar-refractivity contribution in [2.75, 3.05) is 32.9 Å². The fraction of sp³-hybridized carbons (Fsp3) is 0.850. The largest absolute Gasteiger partial charge is 0.356 e. The number of aliphatic imine (C=N–C) groups is 1. The van der Waals surface area contributed by atoms with Crippen molar-refractivity contribution in [3.8, 4) is 0 Å². The molecule has 150 valence electrons. The molecule has 0 bridgehead atoms. The van der Waals surface area contributed by atoms with E-state index >= 15 is 0 Å². The van der Waals surface area contributed by atoms with Crippen molar-refractivity contribution in [2.45, 2.75) is 75.4 Å². The Bertz CT molecular complexity index is 659. The Kier molecular flexibility index (Phi) is 5.95.